The number of rotatable bonds is 8. The Morgan fingerprint density at radius 1 is 0.926 bits per heavy atom. The molecule has 3 rings (SSSR count). The molecule has 140 valence electrons. The molecule has 0 aliphatic heterocycles. The molecule has 27 heavy (non-hydrogen) atoms. The average Bonchev–Trinajstić information content (AvgIpc) is 3.19. The molecule has 0 bridgehead atoms. The van der Waals surface area contributed by atoms with Gasteiger partial charge in [-0.2, -0.15) is 5.10 Å². The number of nitrogens with zero attached hydrogens (tertiary/aromatic N) is 4. The van der Waals surface area contributed by atoms with Crippen LogP contribution in [0.25, 0.3) is 0 Å². The molecule has 1 heterocycles. The van der Waals surface area contributed by atoms with Gasteiger partial charge in [0.05, 0.1) is 6.54 Å². The van der Waals surface area contributed by atoms with Crippen LogP contribution >= 0.6 is 0 Å². The van der Waals surface area contributed by atoms with Gasteiger partial charge >= 0.3 is 0 Å². The van der Waals surface area contributed by atoms with Gasteiger partial charge in [-0.15, -0.1) is 0 Å². The third-order valence-electron chi connectivity index (χ3n) is 4.43. The van der Waals surface area contributed by atoms with E-state index in [0.29, 0.717) is 25.2 Å². The normalized spacial score (nSPS) is 10.9. The lowest BCUT2D eigenvalue weighted by molar-refractivity contribution is 0.0732. The number of aromatic nitrogens is 2. The lowest BCUT2D eigenvalue weighted by Crippen LogP contribution is -2.36. The number of amides is 1. The van der Waals surface area contributed by atoms with E-state index in [2.05, 4.69) is 22.1 Å². The fourth-order valence-corrected chi connectivity index (χ4v) is 2.89. The van der Waals surface area contributed by atoms with E-state index >= 15 is 0 Å². The van der Waals surface area contributed by atoms with E-state index in [1.54, 1.807) is 6.20 Å². The first-order valence-corrected chi connectivity index (χ1v) is 9.16. The highest BCUT2D eigenvalue weighted by molar-refractivity contribution is 5.94. The Morgan fingerprint density at radius 2 is 1.67 bits per heavy atom. The zero-order chi connectivity index (χ0) is 19.1. The molecule has 1 amide bonds. The Bertz CT molecular complexity index is 827. The summed E-state index contributed by atoms with van der Waals surface area (Å²) in [6, 6.07) is 19.9. The highest BCUT2D eigenvalue weighted by atomic mass is 16.2. The predicted octanol–water partition coefficient (Wildman–Crippen LogP) is 3.14. The molecule has 0 saturated heterocycles. The molecule has 0 N–H and O–H groups in total. The zero-order valence-corrected chi connectivity index (χ0v) is 16.0. The summed E-state index contributed by atoms with van der Waals surface area (Å²) in [5, 5.41) is 4.22. The molecule has 3 aromatic rings. The van der Waals surface area contributed by atoms with Crippen molar-refractivity contribution in [3.05, 3.63) is 89.7 Å². The number of benzene rings is 2. The molecule has 0 saturated carbocycles. The van der Waals surface area contributed by atoms with Gasteiger partial charge in [-0.25, -0.2) is 0 Å². The Labute approximate surface area is 160 Å². The molecule has 0 aliphatic carbocycles. The van der Waals surface area contributed by atoms with Crippen LogP contribution in [0.3, 0.4) is 0 Å². The summed E-state index contributed by atoms with van der Waals surface area (Å²) in [6.07, 6.45) is 3.70. The molecule has 1 aromatic heterocycles. The minimum Gasteiger partial charge on any atom is -0.333 e. The van der Waals surface area contributed by atoms with Crippen molar-refractivity contribution in [2.45, 2.75) is 13.1 Å². The molecule has 0 fully saturated rings. The van der Waals surface area contributed by atoms with E-state index in [4.69, 9.17) is 0 Å². The Hall–Kier alpha value is -2.92. The van der Waals surface area contributed by atoms with E-state index in [0.717, 1.165) is 17.7 Å². The summed E-state index contributed by atoms with van der Waals surface area (Å²) < 4.78 is 1.87. The van der Waals surface area contributed by atoms with E-state index < -0.39 is 0 Å². The van der Waals surface area contributed by atoms with Crippen molar-refractivity contribution in [2.75, 3.05) is 27.2 Å². The quantitative estimate of drug-likeness (QED) is 0.618. The fraction of sp³-hybridized carbons (Fsp3) is 0.273. The summed E-state index contributed by atoms with van der Waals surface area (Å²) >= 11 is 0. The first kappa shape index (κ1) is 18.9. The van der Waals surface area contributed by atoms with Crippen molar-refractivity contribution in [1.82, 2.24) is 19.6 Å². The van der Waals surface area contributed by atoms with E-state index in [1.807, 2.05) is 78.4 Å². The monoisotopic (exact) mass is 362 g/mol. The second-order valence-corrected chi connectivity index (χ2v) is 6.92. The molecule has 0 spiro atoms. The van der Waals surface area contributed by atoms with Crippen LogP contribution in [0.2, 0.25) is 0 Å². The second kappa shape index (κ2) is 9.14. The maximum atomic E-state index is 13.1. The third-order valence-corrected chi connectivity index (χ3v) is 4.43. The number of carbonyl (C=O) groups excluding carboxylic acids is 1. The van der Waals surface area contributed by atoms with Crippen molar-refractivity contribution in [2.24, 2.45) is 0 Å². The third kappa shape index (κ3) is 5.53. The maximum Gasteiger partial charge on any atom is 0.254 e. The van der Waals surface area contributed by atoms with Gasteiger partial charge in [0, 0.05) is 37.6 Å². The van der Waals surface area contributed by atoms with Gasteiger partial charge in [0.25, 0.3) is 5.91 Å². The van der Waals surface area contributed by atoms with Crippen molar-refractivity contribution in [3.8, 4) is 0 Å². The van der Waals surface area contributed by atoms with Gasteiger partial charge in [0.15, 0.2) is 0 Å². The minimum absolute atomic E-state index is 0.0614. The molecule has 0 aliphatic rings. The smallest absolute Gasteiger partial charge is 0.254 e. The molecule has 0 radical (unpaired) electrons. The highest BCUT2D eigenvalue weighted by Crippen LogP contribution is 2.12. The summed E-state index contributed by atoms with van der Waals surface area (Å²) in [7, 11) is 4.05. The van der Waals surface area contributed by atoms with Crippen LogP contribution in [0, 0.1) is 0 Å². The molecular weight excluding hydrogens is 336 g/mol. The van der Waals surface area contributed by atoms with Crippen LogP contribution < -0.4 is 0 Å². The van der Waals surface area contributed by atoms with E-state index in [1.165, 1.54) is 0 Å². The fourth-order valence-electron chi connectivity index (χ4n) is 2.89. The predicted molar refractivity (Wildman–Crippen MR) is 108 cm³/mol. The van der Waals surface area contributed by atoms with E-state index in [9.17, 15) is 4.79 Å². The molecule has 0 atom stereocenters. The van der Waals surface area contributed by atoms with Crippen LogP contribution in [0.5, 0.6) is 0 Å². The first-order chi connectivity index (χ1) is 13.1. The number of hydrogen-bond acceptors (Lipinski definition) is 3. The zero-order valence-electron chi connectivity index (χ0n) is 16.0. The second-order valence-electron chi connectivity index (χ2n) is 6.92. The Balaban J connectivity index is 1.71. The van der Waals surface area contributed by atoms with Gasteiger partial charge in [0.2, 0.25) is 0 Å². The number of carbonyl (C=O) groups is 1. The standard InChI is InChI=1S/C22H26N4O/c1-24(2)15-16-25(17-19-7-4-3-5-8-19)22(27)21-11-9-20(10-12-21)18-26-14-6-13-23-26/h3-14H,15-18H2,1-2H3. The van der Waals surface area contributed by atoms with Crippen LogP contribution in [0.4, 0.5) is 0 Å². The maximum absolute atomic E-state index is 13.1. The molecule has 5 heteroatoms. The van der Waals surface area contributed by atoms with Gasteiger partial charge < -0.3 is 9.80 Å². The van der Waals surface area contributed by atoms with E-state index in [-0.39, 0.29) is 5.91 Å². The minimum atomic E-state index is 0.0614. The highest BCUT2D eigenvalue weighted by Gasteiger charge is 2.16. The van der Waals surface area contributed by atoms with Crippen molar-refractivity contribution < 1.29 is 4.79 Å². The number of likely N-dealkylation sites (N-methyl/N-ethyl adjacent to an activating group) is 1. The molecule has 2 aromatic carbocycles. The van der Waals surface area contributed by atoms with Crippen molar-refractivity contribution in [1.29, 1.82) is 0 Å². The summed E-state index contributed by atoms with van der Waals surface area (Å²) in [4.78, 5) is 17.1. The van der Waals surface area contributed by atoms with Crippen molar-refractivity contribution >= 4 is 5.91 Å². The van der Waals surface area contributed by atoms with Crippen LogP contribution in [0.15, 0.2) is 73.1 Å². The van der Waals surface area contributed by atoms with Crippen LogP contribution in [-0.2, 0) is 13.1 Å². The van der Waals surface area contributed by atoms with Crippen molar-refractivity contribution in [3.63, 3.8) is 0 Å². The largest absolute Gasteiger partial charge is 0.333 e. The summed E-state index contributed by atoms with van der Waals surface area (Å²) in [5.74, 6) is 0.0614. The van der Waals surface area contributed by atoms with Crippen LogP contribution in [0.1, 0.15) is 21.5 Å². The first-order valence-electron chi connectivity index (χ1n) is 9.16. The van der Waals surface area contributed by atoms with Gasteiger partial charge in [-0.1, -0.05) is 42.5 Å². The van der Waals surface area contributed by atoms with Crippen LogP contribution in [-0.4, -0.2) is 52.7 Å². The molecule has 0 unspecified atom stereocenters. The Morgan fingerprint density at radius 3 is 2.30 bits per heavy atom. The molecular formula is C22H26N4O. The van der Waals surface area contributed by atoms with Gasteiger partial charge in [0.1, 0.15) is 0 Å². The topological polar surface area (TPSA) is 41.4 Å². The average molecular weight is 362 g/mol. The summed E-state index contributed by atoms with van der Waals surface area (Å²) in [5.41, 5.74) is 2.98. The lowest BCUT2D eigenvalue weighted by Gasteiger charge is -2.25. The SMILES string of the molecule is CN(C)CCN(Cc1ccccc1)C(=O)c1ccc(Cn2cccn2)cc1. The number of hydrogen-bond donors (Lipinski definition) is 0. The van der Waals surface area contributed by atoms with Gasteiger partial charge in [-0.05, 0) is 43.4 Å². The molecule has 5 nitrogen and oxygen atoms in total. The Kier molecular flexibility index (Phi) is 6.39. The lowest BCUT2D eigenvalue weighted by atomic mass is 10.1. The summed E-state index contributed by atoms with van der Waals surface area (Å²) in [6.45, 7) is 2.84. The van der Waals surface area contributed by atoms with Gasteiger partial charge in [-0.3, -0.25) is 9.48 Å².